The lowest BCUT2D eigenvalue weighted by molar-refractivity contribution is -0.139. The minimum absolute atomic E-state index is 0.0336. The summed E-state index contributed by atoms with van der Waals surface area (Å²) in [7, 11) is 6.95. The molecule has 0 spiro atoms. The van der Waals surface area contributed by atoms with Gasteiger partial charge >= 0.3 is 0 Å². The summed E-state index contributed by atoms with van der Waals surface area (Å²) in [6.45, 7) is 1.13. The smallest absolute Gasteiger partial charge is 0.295 e. The highest BCUT2D eigenvalue weighted by Crippen LogP contribution is 2.40. The Labute approximate surface area is 192 Å². The molecule has 3 rings (SSSR count). The summed E-state index contributed by atoms with van der Waals surface area (Å²) in [5.41, 5.74) is 1.07. The van der Waals surface area contributed by atoms with Crippen LogP contribution in [0.25, 0.3) is 5.76 Å². The zero-order chi connectivity index (χ0) is 23.4. The molecule has 32 heavy (non-hydrogen) atoms. The molecule has 0 aliphatic carbocycles. The van der Waals surface area contributed by atoms with Gasteiger partial charge in [0.05, 0.1) is 30.9 Å². The molecule has 1 aliphatic heterocycles. The van der Waals surface area contributed by atoms with Gasteiger partial charge in [-0.15, -0.1) is 0 Å². The number of hydrogen-bond acceptors (Lipinski definition) is 6. The Morgan fingerprint density at radius 2 is 1.78 bits per heavy atom. The predicted octanol–water partition coefficient (Wildman–Crippen LogP) is 3.73. The van der Waals surface area contributed by atoms with Crippen molar-refractivity contribution >= 4 is 29.1 Å². The molecule has 1 amide bonds. The second kappa shape index (κ2) is 10.1. The first-order valence-electron chi connectivity index (χ1n) is 10.2. The molecule has 0 unspecified atom stereocenters. The number of carbonyl (C=O) groups excluding carboxylic acids is 2. The third-order valence-electron chi connectivity index (χ3n) is 5.40. The Morgan fingerprint density at radius 3 is 2.34 bits per heavy atom. The molecule has 2 aromatic carbocycles. The van der Waals surface area contributed by atoms with Crippen molar-refractivity contribution < 1.29 is 24.2 Å². The van der Waals surface area contributed by atoms with Crippen LogP contribution in [-0.2, 0) is 9.59 Å². The zero-order valence-corrected chi connectivity index (χ0v) is 19.3. The van der Waals surface area contributed by atoms with Crippen molar-refractivity contribution in [1.29, 1.82) is 0 Å². The van der Waals surface area contributed by atoms with Crippen LogP contribution < -0.4 is 9.47 Å². The van der Waals surface area contributed by atoms with Crippen molar-refractivity contribution in [2.45, 2.75) is 12.5 Å². The van der Waals surface area contributed by atoms with Crippen LogP contribution in [0.1, 0.15) is 23.6 Å². The fourth-order valence-electron chi connectivity index (χ4n) is 3.77. The fraction of sp³-hybridized carbons (Fsp3) is 0.333. The van der Waals surface area contributed by atoms with Crippen LogP contribution in [0.4, 0.5) is 0 Å². The second-order valence-electron chi connectivity index (χ2n) is 7.77. The normalized spacial score (nSPS) is 17.8. The van der Waals surface area contributed by atoms with Gasteiger partial charge in [0.25, 0.3) is 11.7 Å². The van der Waals surface area contributed by atoms with E-state index < -0.39 is 17.7 Å². The number of hydrogen-bond donors (Lipinski definition) is 1. The first-order chi connectivity index (χ1) is 15.3. The van der Waals surface area contributed by atoms with E-state index in [9.17, 15) is 14.7 Å². The van der Waals surface area contributed by atoms with Crippen molar-refractivity contribution in [2.24, 2.45) is 0 Å². The van der Waals surface area contributed by atoms with E-state index in [4.69, 9.17) is 21.1 Å². The molecule has 2 aromatic rings. The molecular weight excluding hydrogens is 432 g/mol. The Kier molecular flexibility index (Phi) is 7.43. The Bertz CT molecular complexity index is 1030. The van der Waals surface area contributed by atoms with Crippen molar-refractivity contribution in [3.63, 3.8) is 0 Å². The van der Waals surface area contributed by atoms with Crippen LogP contribution >= 0.6 is 11.6 Å². The average Bonchev–Trinajstić information content (AvgIpc) is 3.03. The van der Waals surface area contributed by atoms with Crippen LogP contribution in [-0.4, -0.2) is 68.0 Å². The zero-order valence-electron chi connectivity index (χ0n) is 18.6. The van der Waals surface area contributed by atoms with E-state index in [1.807, 2.05) is 19.0 Å². The number of halogens is 1. The van der Waals surface area contributed by atoms with Gasteiger partial charge in [-0.25, -0.2) is 0 Å². The van der Waals surface area contributed by atoms with Gasteiger partial charge in [0.1, 0.15) is 17.3 Å². The van der Waals surface area contributed by atoms with E-state index in [1.54, 1.807) is 43.5 Å². The number of ether oxygens (including phenoxy) is 2. The van der Waals surface area contributed by atoms with Crippen LogP contribution in [0.5, 0.6) is 11.5 Å². The standard InChI is InChI=1S/C24H27ClN2O5/c1-26(2)12-5-13-27-21(15-6-9-17(31-3)10-7-15)20(23(29)24(27)30)22(28)16-8-11-19(32-4)18(25)14-16/h6-11,14,21,28H,5,12-13H2,1-4H3/t21-/m0/s1. The number of aliphatic hydroxyl groups is 1. The maximum Gasteiger partial charge on any atom is 0.295 e. The van der Waals surface area contributed by atoms with Crippen LogP contribution in [0.3, 0.4) is 0 Å². The fourth-order valence-corrected chi connectivity index (χ4v) is 4.03. The van der Waals surface area contributed by atoms with Gasteiger partial charge in [0.2, 0.25) is 0 Å². The first kappa shape index (κ1) is 23.6. The van der Waals surface area contributed by atoms with Crippen molar-refractivity contribution in [1.82, 2.24) is 9.80 Å². The molecule has 0 saturated carbocycles. The Morgan fingerprint density at radius 1 is 1.09 bits per heavy atom. The number of ketones is 1. The van der Waals surface area contributed by atoms with Crippen molar-refractivity contribution in [3.05, 3.63) is 64.2 Å². The van der Waals surface area contributed by atoms with E-state index in [0.717, 1.165) is 6.54 Å². The molecule has 8 heteroatoms. The highest BCUT2D eigenvalue weighted by atomic mass is 35.5. The van der Waals surface area contributed by atoms with Gasteiger partial charge in [0.15, 0.2) is 0 Å². The molecule has 0 bridgehead atoms. The largest absolute Gasteiger partial charge is 0.507 e. The lowest BCUT2D eigenvalue weighted by Crippen LogP contribution is -2.32. The lowest BCUT2D eigenvalue weighted by atomic mass is 9.95. The molecule has 1 N–H and O–H groups in total. The number of methoxy groups -OCH3 is 2. The number of rotatable bonds is 8. The van der Waals surface area contributed by atoms with Gasteiger partial charge in [0, 0.05) is 12.1 Å². The molecule has 170 valence electrons. The summed E-state index contributed by atoms with van der Waals surface area (Å²) in [5, 5.41) is 11.4. The third kappa shape index (κ3) is 4.74. The molecule has 0 radical (unpaired) electrons. The number of carbonyl (C=O) groups is 2. The first-order valence-corrected chi connectivity index (χ1v) is 10.6. The summed E-state index contributed by atoms with van der Waals surface area (Å²) >= 11 is 6.22. The van der Waals surface area contributed by atoms with Gasteiger partial charge in [-0.2, -0.15) is 0 Å². The van der Waals surface area contributed by atoms with E-state index in [1.165, 1.54) is 18.1 Å². The van der Waals surface area contributed by atoms with E-state index in [-0.39, 0.29) is 16.4 Å². The lowest BCUT2D eigenvalue weighted by Gasteiger charge is -2.26. The monoisotopic (exact) mass is 458 g/mol. The van der Waals surface area contributed by atoms with Gasteiger partial charge < -0.3 is 24.4 Å². The summed E-state index contributed by atoms with van der Waals surface area (Å²) in [5.74, 6) is -0.533. The minimum atomic E-state index is -0.722. The van der Waals surface area contributed by atoms with Gasteiger partial charge in [-0.1, -0.05) is 23.7 Å². The maximum absolute atomic E-state index is 13.0. The average molecular weight is 459 g/mol. The SMILES string of the molecule is COc1ccc([C@H]2C(=C(O)c3ccc(OC)c(Cl)c3)C(=O)C(=O)N2CCCN(C)C)cc1. The van der Waals surface area contributed by atoms with Gasteiger partial charge in [-0.05, 0) is 63.0 Å². The van der Waals surface area contributed by atoms with Crippen molar-refractivity contribution in [2.75, 3.05) is 41.4 Å². The number of likely N-dealkylation sites (tertiary alicyclic amines) is 1. The summed E-state index contributed by atoms with van der Waals surface area (Å²) in [6, 6.07) is 11.1. The molecule has 1 saturated heterocycles. The summed E-state index contributed by atoms with van der Waals surface area (Å²) in [6.07, 6.45) is 0.682. The van der Waals surface area contributed by atoms with Gasteiger partial charge in [-0.3, -0.25) is 9.59 Å². The van der Waals surface area contributed by atoms with Crippen LogP contribution in [0, 0.1) is 0 Å². The molecule has 1 aliphatic rings. The van der Waals surface area contributed by atoms with Crippen LogP contribution in [0.15, 0.2) is 48.0 Å². The highest BCUT2D eigenvalue weighted by molar-refractivity contribution is 6.46. The third-order valence-corrected chi connectivity index (χ3v) is 5.70. The number of nitrogens with zero attached hydrogens (tertiary/aromatic N) is 2. The van der Waals surface area contributed by atoms with E-state index in [2.05, 4.69) is 0 Å². The molecular formula is C24H27ClN2O5. The summed E-state index contributed by atoms with van der Waals surface area (Å²) in [4.78, 5) is 29.5. The molecule has 1 fully saturated rings. The number of amides is 1. The van der Waals surface area contributed by atoms with Crippen molar-refractivity contribution in [3.8, 4) is 11.5 Å². The predicted molar refractivity (Wildman–Crippen MR) is 123 cm³/mol. The number of benzene rings is 2. The maximum atomic E-state index is 13.0. The van der Waals surface area contributed by atoms with E-state index >= 15 is 0 Å². The quantitative estimate of drug-likeness (QED) is 0.369. The summed E-state index contributed by atoms with van der Waals surface area (Å²) < 4.78 is 10.4. The Balaban J connectivity index is 2.10. The highest BCUT2D eigenvalue weighted by Gasteiger charge is 2.45. The molecule has 1 heterocycles. The molecule has 7 nitrogen and oxygen atoms in total. The minimum Gasteiger partial charge on any atom is -0.507 e. The van der Waals surface area contributed by atoms with E-state index in [0.29, 0.717) is 35.6 Å². The molecule has 0 aromatic heterocycles. The number of Topliss-reactive ketones (excluding diaryl/α,β-unsaturated/α-hetero) is 1. The van der Waals surface area contributed by atoms with Crippen LogP contribution in [0.2, 0.25) is 5.02 Å². The topological polar surface area (TPSA) is 79.3 Å². The second-order valence-corrected chi connectivity index (χ2v) is 8.18. The number of aliphatic hydroxyl groups excluding tert-OH is 1. The Hall–Kier alpha value is -3.03. The molecule has 1 atom stereocenters.